The van der Waals surface area contributed by atoms with Crippen LogP contribution in [0.15, 0.2) is 18.2 Å². The molecule has 0 radical (unpaired) electrons. The van der Waals surface area contributed by atoms with Crippen molar-refractivity contribution >= 4 is 5.97 Å². The van der Waals surface area contributed by atoms with Gasteiger partial charge in [-0.1, -0.05) is 6.07 Å². The lowest BCUT2D eigenvalue weighted by Gasteiger charge is -2.20. The molecular formula is C11H8F6O2. The van der Waals surface area contributed by atoms with Crippen LogP contribution in [0, 0.1) is 0 Å². The van der Waals surface area contributed by atoms with Gasteiger partial charge in [0.25, 0.3) is 0 Å². The SMILES string of the molecule is CC(C(=O)O)c1c(C(F)(F)F)cccc1C(F)(F)F. The number of alkyl halides is 6. The summed E-state index contributed by atoms with van der Waals surface area (Å²) >= 11 is 0. The van der Waals surface area contributed by atoms with Gasteiger partial charge in [0.1, 0.15) is 0 Å². The highest BCUT2D eigenvalue weighted by Gasteiger charge is 2.42. The molecule has 0 heterocycles. The molecule has 1 aromatic rings. The van der Waals surface area contributed by atoms with E-state index in [4.69, 9.17) is 5.11 Å². The molecule has 1 atom stereocenters. The molecule has 0 aliphatic heterocycles. The Labute approximate surface area is 103 Å². The standard InChI is InChI=1S/C11H8F6O2/c1-5(9(18)19)8-6(10(12,13)14)3-2-4-7(8)11(15,16)17/h2-5H,1H3,(H,18,19). The molecule has 0 amide bonds. The molecule has 1 rings (SSSR count). The molecule has 0 saturated carbocycles. The van der Waals surface area contributed by atoms with Gasteiger partial charge < -0.3 is 5.11 Å². The Morgan fingerprint density at radius 3 is 1.68 bits per heavy atom. The molecule has 0 fully saturated rings. The van der Waals surface area contributed by atoms with Gasteiger partial charge in [-0.15, -0.1) is 0 Å². The Morgan fingerprint density at radius 2 is 1.42 bits per heavy atom. The van der Waals surface area contributed by atoms with Crippen LogP contribution in [0.2, 0.25) is 0 Å². The van der Waals surface area contributed by atoms with E-state index in [9.17, 15) is 31.1 Å². The first kappa shape index (κ1) is 15.3. The number of aliphatic carboxylic acids is 1. The predicted octanol–water partition coefficient (Wildman–Crippen LogP) is 3.91. The lowest BCUT2D eigenvalue weighted by Crippen LogP contribution is -2.21. The van der Waals surface area contributed by atoms with Gasteiger partial charge >= 0.3 is 18.3 Å². The van der Waals surface area contributed by atoms with Crippen molar-refractivity contribution in [3.8, 4) is 0 Å². The first-order valence-corrected chi connectivity index (χ1v) is 4.96. The monoisotopic (exact) mass is 286 g/mol. The maximum atomic E-state index is 12.7. The number of carbonyl (C=O) groups is 1. The van der Waals surface area contributed by atoms with Crippen molar-refractivity contribution in [2.45, 2.75) is 25.2 Å². The molecule has 1 unspecified atom stereocenters. The summed E-state index contributed by atoms with van der Waals surface area (Å²) in [6.07, 6.45) is -10.1. The second-order valence-corrected chi connectivity index (χ2v) is 3.82. The molecule has 19 heavy (non-hydrogen) atoms. The Balaban J connectivity index is 3.64. The summed E-state index contributed by atoms with van der Waals surface area (Å²) in [7, 11) is 0. The van der Waals surface area contributed by atoms with Crippen LogP contribution in [0.4, 0.5) is 26.3 Å². The zero-order valence-electron chi connectivity index (χ0n) is 9.43. The van der Waals surface area contributed by atoms with Gasteiger partial charge in [0.15, 0.2) is 0 Å². The lowest BCUT2D eigenvalue weighted by atomic mass is 9.90. The maximum absolute atomic E-state index is 12.7. The molecule has 0 saturated heterocycles. The van der Waals surface area contributed by atoms with Gasteiger partial charge in [0.05, 0.1) is 17.0 Å². The van der Waals surface area contributed by atoms with Crippen LogP contribution in [0.5, 0.6) is 0 Å². The van der Waals surface area contributed by atoms with E-state index in [1.54, 1.807) is 0 Å². The lowest BCUT2D eigenvalue weighted by molar-refractivity contribution is -0.146. The zero-order valence-corrected chi connectivity index (χ0v) is 9.43. The number of halogens is 6. The van der Waals surface area contributed by atoms with Gasteiger partial charge in [-0.05, 0) is 24.6 Å². The van der Waals surface area contributed by atoms with E-state index >= 15 is 0 Å². The summed E-state index contributed by atoms with van der Waals surface area (Å²) in [5, 5.41) is 8.68. The first-order chi connectivity index (χ1) is 8.46. The minimum atomic E-state index is -5.06. The molecule has 0 spiro atoms. The van der Waals surface area contributed by atoms with Gasteiger partial charge in [-0.25, -0.2) is 0 Å². The van der Waals surface area contributed by atoms with Crippen molar-refractivity contribution < 1.29 is 36.2 Å². The minimum Gasteiger partial charge on any atom is -0.481 e. The largest absolute Gasteiger partial charge is 0.481 e. The van der Waals surface area contributed by atoms with Crippen LogP contribution in [0.1, 0.15) is 29.5 Å². The van der Waals surface area contributed by atoms with E-state index in [0.29, 0.717) is 18.2 Å². The quantitative estimate of drug-likeness (QED) is 0.837. The normalized spacial score (nSPS) is 14.3. The highest BCUT2D eigenvalue weighted by atomic mass is 19.4. The van der Waals surface area contributed by atoms with Gasteiger partial charge in [0.2, 0.25) is 0 Å². The highest BCUT2D eigenvalue weighted by Crippen LogP contribution is 2.42. The predicted molar refractivity (Wildman–Crippen MR) is 52.5 cm³/mol. The summed E-state index contributed by atoms with van der Waals surface area (Å²) in [6.45, 7) is 0.780. The number of benzene rings is 1. The second kappa shape index (κ2) is 4.75. The number of hydrogen-bond acceptors (Lipinski definition) is 1. The minimum absolute atomic E-state index is 0.435. The van der Waals surface area contributed by atoms with Crippen molar-refractivity contribution in [1.29, 1.82) is 0 Å². The van der Waals surface area contributed by atoms with E-state index in [1.807, 2.05) is 0 Å². The molecule has 1 N–H and O–H groups in total. The van der Waals surface area contributed by atoms with Crippen molar-refractivity contribution in [3.05, 3.63) is 34.9 Å². The molecule has 1 aromatic carbocycles. The van der Waals surface area contributed by atoms with Crippen molar-refractivity contribution in [3.63, 3.8) is 0 Å². The fourth-order valence-corrected chi connectivity index (χ4v) is 1.65. The summed E-state index contributed by atoms with van der Waals surface area (Å²) in [5.74, 6) is -3.68. The smallest absolute Gasteiger partial charge is 0.416 e. The topological polar surface area (TPSA) is 37.3 Å². The molecular weight excluding hydrogens is 278 g/mol. The molecule has 0 aliphatic rings. The summed E-state index contributed by atoms with van der Waals surface area (Å²) in [4.78, 5) is 10.7. The molecule has 106 valence electrons. The number of carboxylic acids is 1. The summed E-state index contributed by atoms with van der Waals surface area (Å²) in [6, 6.07) is 1.47. The van der Waals surface area contributed by atoms with E-state index in [1.165, 1.54) is 0 Å². The fraction of sp³-hybridized carbons (Fsp3) is 0.364. The van der Waals surface area contributed by atoms with Crippen molar-refractivity contribution in [2.75, 3.05) is 0 Å². The average Bonchev–Trinajstić information content (AvgIpc) is 2.24. The van der Waals surface area contributed by atoms with Crippen molar-refractivity contribution in [1.82, 2.24) is 0 Å². The molecule has 0 aliphatic carbocycles. The van der Waals surface area contributed by atoms with Gasteiger partial charge in [-0.2, -0.15) is 26.3 Å². The number of hydrogen-bond donors (Lipinski definition) is 1. The average molecular weight is 286 g/mol. The van der Waals surface area contributed by atoms with E-state index in [0.717, 1.165) is 6.92 Å². The van der Waals surface area contributed by atoms with Crippen molar-refractivity contribution in [2.24, 2.45) is 0 Å². The first-order valence-electron chi connectivity index (χ1n) is 4.96. The number of rotatable bonds is 2. The zero-order chi connectivity index (χ0) is 15.0. The summed E-state index contributed by atoms with van der Waals surface area (Å²) in [5.41, 5.74) is -4.44. The van der Waals surface area contributed by atoms with Gasteiger partial charge in [-0.3, -0.25) is 4.79 Å². The fourth-order valence-electron chi connectivity index (χ4n) is 1.65. The van der Waals surface area contributed by atoms with Crippen LogP contribution < -0.4 is 0 Å². The van der Waals surface area contributed by atoms with Gasteiger partial charge in [0, 0.05) is 0 Å². The maximum Gasteiger partial charge on any atom is 0.416 e. The number of carboxylic acid groups (broad SMARTS) is 1. The van der Waals surface area contributed by atoms with E-state index in [-0.39, 0.29) is 0 Å². The van der Waals surface area contributed by atoms with Crippen LogP contribution in [0.3, 0.4) is 0 Å². The third kappa shape index (κ3) is 3.18. The van der Waals surface area contributed by atoms with E-state index in [2.05, 4.69) is 0 Å². The Hall–Kier alpha value is -1.73. The van der Waals surface area contributed by atoms with Crippen LogP contribution in [-0.2, 0) is 17.1 Å². The highest BCUT2D eigenvalue weighted by molar-refractivity contribution is 5.77. The van der Waals surface area contributed by atoms with E-state index < -0.39 is 40.9 Å². The van der Waals surface area contributed by atoms with Crippen LogP contribution >= 0.6 is 0 Å². The second-order valence-electron chi connectivity index (χ2n) is 3.82. The van der Waals surface area contributed by atoms with Crippen LogP contribution in [0.25, 0.3) is 0 Å². The Bertz CT molecular complexity index is 457. The Morgan fingerprint density at radius 1 is 1.05 bits per heavy atom. The van der Waals surface area contributed by atoms with Crippen LogP contribution in [-0.4, -0.2) is 11.1 Å². The third-order valence-electron chi connectivity index (χ3n) is 2.52. The molecule has 8 heteroatoms. The molecule has 0 aromatic heterocycles. The summed E-state index contributed by atoms with van der Waals surface area (Å²) < 4.78 is 76.1. The third-order valence-corrected chi connectivity index (χ3v) is 2.52. The molecule has 2 nitrogen and oxygen atoms in total. The molecule has 0 bridgehead atoms. The Kier molecular flexibility index (Phi) is 3.83.